The highest BCUT2D eigenvalue weighted by Gasteiger charge is 2.39. The van der Waals surface area contributed by atoms with Gasteiger partial charge >= 0.3 is 5.97 Å². The van der Waals surface area contributed by atoms with Gasteiger partial charge in [0.25, 0.3) is 0 Å². The Morgan fingerprint density at radius 1 is 1.19 bits per heavy atom. The Kier molecular flexibility index (Phi) is 4.15. The number of ether oxygens (including phenoxy) is 2. The number of hydrogen-bond acceptors (Lipinski definition) is 4. The summed E-state index contributed by atoms with van der Waals surface area (Å²) in [5, 5.41) is 0. The molecule has 114 valence electrons. The average molecular weight is 289 g/mol. The minimum Gasteiger partial charge on any atom is -0.490 e. The van der Waals surface area contributed by atoms with Crippen molar-refractivity contribution in [2.45, 2.75) is 50.3 Å². The van der Waals surface area contributed by atoms with Gasteiger partial charge < -0.3 is 14.4 Å². The van der Waals surface area contributed by atoms with Gasteiger partial charge in [0.1, 0.15) is 11.9 Å². The monoisotopic (exact) mass is 289 g/mol. The van der Waals surface area contributed by atoms with E-state index < -0.39 is 0 Å². The molecule has 0 aromatic heterocycles. The van der Waals surface area contributed by atoms with Crippen LogP contribution in [0.4, 0.5) is 0 Å². The van der Waals surface area contributed by atoms with Gasteiger partial charge in [-0.1, -0.05) is 12.1 Å². The summed E-state index contributed by atoms with van der Waals surface area (Å²) in [6, 6.07) is 9.17. The molecular formula is C17H23NO3. The van der Waals surface area contributed by atoms with Gasteiger partial charge in [0.15, 0.2) is 0 Å². The lowest BCUT2D eigenvalue weighted by Crippen LogP contribution is -2.43. The van der Waals surface area contributed by atoms with E-state index in [9.17, 15) is 4.79 Å². The molecule has 2 heterocycles. The minimum absolute atomic E-state index is 0.212. The maximum absolute atomic E-state index is 11.2. The van der Waals surface area contributed by atoms with Crippen LogP contribution in [0.2, 0.25) is 0 Å². The van der Waals surface area contributed by atoms with Crippen molar-refractivity contribution >= 4 is 5.97 Å². The number of nitrogens with zero attached hydrogens (tertiary/aromatic N) is 1. The maximum atomic E-state index is 11.2. The summed E-state index contributed by atoms with van der Waals surface area (Å²) in [5.41, 5.74) is 0.956. The largest absolute Gasteiger partial charge is 0.490 e. The standard InChI is InChI=1S/C17H23NO3/c1-18-13-5-6-14(18)11-16(10-13)21-15-7-3-12(4-8-15)9-17(19)20-2/h3-4,7-8,13-14,16H,5-6,9-11H2,1-2H3. The first-order valence-corrected chi connectivity index (χ1v) is 7.70. The lowest BCUT2D eigenvalue weighted by atomic mass is 10.0. The predicted octanol–water partition coefficient (Wildman–Crippen LogP) is 2.41. The molecule has 1 aromatic carbocycles. The van der Waals surface area contributed by atoms with Gasteiger partial charge in [-0.2, -0.15) is 0 Å². The van der Waals surface area contributed by atoms with Gasteiger partial charge in [0.05, 0.1) is 13.5 Å². The zero-order valence-electron chi connectivity index (χ0n) is 12.7. The fourth-order valence-electron chi connectivity index (χ4n) is 3.57. The van der Waals surface area contributed by atoms with E-state index >= 15 is 0 Å². The molecule has 0 radical (unpaired) electrons. The van der Waals surface area contributed by atoms with Crippen LogP contribution in [-0.2, 0) is 16.0 Å². The molecule has 4 heteroatoms. The third-order valence-corrected chi connectivity index (χ3v) is 4.86. The Labute approximate surface area is 126 Å². The molecule has 0 spiro atoms. The second-order valence-electron chi connectivity index (χ2n) is 6.16. The number of methoxy groups -OCH3 is 1. The molecule has 2 aliphatic rings. The first-order chi connectivity index (χ1) is 10.2. The van der Waals surface area contributed by atoms with E-state index in [1.54, 1.807) is 0 Å². The molecule has 0 aliphatic carbocycles. The second-order valence-corrected chi connectivity index (χ2v) is 6.16. The molecule has 0 amide bonds. The molecule has 2 saturated heterocycles. The Morgan fingerprint density at radius 2 is 1.81 bits per heavy atom. The molecule has 3 rings (SSSR count). The molecule has 2 fully saturated rings. The van der Waals surface area contributed by atoms with Crippen LogP contribution in [0.5, 0.6) is 5.75 Å². The fraction of sp³-hybridized carbons (Fsp3) is 0.588. The molecular weight excluding hydrogens is 266 g/mol. The van der Waals surface area contributed by atoms with Crippen molar-refractivity contribution in [3.8, 4) is 5.75 Å². The molecule has 0 N–H and O–H groups in total. The number of fused-ring (bicyclic) bond motifs is 2. The van der Waals surface area contributed by atoms with E-state index in [4.69, 9.17) is 4.74 Å². The van der Waals surface area contributed by atoms with Crippen molar-refractivity contribution in [2.24, 2.45) is 0 Å². The SMILES string of the molecule is COC(=O)Cc1ccc(OC2CC3CCC(C2)N3C)cc1. The lowest BCUT2D eigenvalue weighted by molar-refractivity contribution is -0.139. The summed E-state index contributed by atoms with van der Waals surface area (Å²) in [6.45, 7) is 0. The zero-order valence-corrected chi connectivity index (χ0v) is 12.7. The number of carbonyl (C=O) groups is 1. The topological polar surface area (TPSA) is 38.8 Å². The number of esters is 1. The van der Waals surface area contributed by atoms with Crippen LogP contribution in [0.15, 0.2) is 24.3 Å². The summed E-state index contributed by atoms with van der Waals surface area (Å²) in [4.78, 5) is 13.7. The average Bonchev–Trinajstić information content (AvgIpc) is 2.71. The molecule has 2 aliphatic heterocycles. The summed E-state index contributed by atoms with van der Waals surface area (Å²) in [7, 11) is 3.65. The Balaban J connectivity index is 1.57. The van der Waals surface area contributed by atoms with E-state index in [2.05, 4.69) is 16.7 Å². The summed E-state index contributed by atoms with van der Waals surface area (Å²) < 4.78 is 10.8. The summed E-state index contributed by atoms with van der Waals surface area (Å²) in [6.07, 6.45) is 5.49. The van der Waals surface area contributed by atoms with Crippen LogP contribution in [0.3, 0.4) is 0 Å². The van der Waals surface area contributed by atoms with Crippen molar-refractivity contribution < 1.29 is 14.3 Å². The van der Waals surface area contributed by atoms with E-state index in [1.807, 2.05) is 24.3 Å². The van der Waals surface area contributed by atoms with Crippen LogP contribution in [0, 0.1) is 0 Å². The van der Waals surface area contributed by atoms with E-state index in [0.717, 1.165) is 24.2 Å². The Morgan fingerprint density at radius 3 is 2.38 bits per heavy atom. The van der Waals surface area contributed by atoms with Gasteiger partial charge in [-0.25, -0.2) is 0 Å². The first-order valence-electron chi connectivity index (χ1n) is 7.70. The quantitative estimate of drug-likeness (QED) is 0.798. The molecule has 1 aromatic rings. The van der Waals surface area contributed by atoms with Crippen LogP contribution in [0.1, 0.15) is 31.2 Å². The normalized spacial score (nSPS) is 28.4. The zero-order chi connectivity index (χ0) is 14.8. The first kappa shape index (κ1) is 14.4. The van der Waals surface area contributed by atoms with E-state index in [-0.39, 0.29) is 5.97 Å². The van der Waals surface area contributed by atoms with Gasteiger partial charge in [0.2, 0.25) is 0 Å². The maximum Gasteiger partial charge on any atom is 0.309 e. The number of piperidine rings is 1. The highest BCUT2D eigenvalue weighted by Crippen LogP contribution is 2.35. The number of carbonyl (C=O) groups excluding carboxylic acids is 1. The second kappa shape index (κ2) is 6.06. The highest BCUT2D eigenvalue weighted by molar-refractivity contribution is 5.72. The number of hydrogen-bond donors (Lipinski definition) is 0. The molecule has 2 atom stereocenters. The highest BCUT2D eigenvalue weighted by atomic mass is 16.5. The smallest absolute Gasteiger partial charge is 0.309 e. The minimum atomic E-state index is -0.212. The summed E-state index contributed by atoms with van der Waals surface area (Å²) in [5.74, 6) is 0.688. The van der Waals surface area contributed by atoms with Gasteiger partial charge in [-0.15, -0.1) is 0 Å². The van der Waals surface area contributed by atoms with Crippen molar-refractivity contribution in [1.82, 2.24) is 4.90 Å². The van der Waals surface area contributed by atoms with Crippen LogP contribution >= 0.6 is 0 Å². The molecule has 21 heavy (non-hydrogen) atoms. The van der Waals surface area contributed by atoms with Crippen molar-refractivity contribution in [2.75, 3.05) is 14.2 Å². The van der Waals surface area contributed by atoms with Gasteiger partial charge in [-0.05, 0) is 50.4 Å². The summed E-state index contributed by atoms with van der Waals surface area (Å²) >= 11 is 0. The Bertz CT molecular complexity index is 485. The number of rotatable bonds is 4. The van der Waals surface area contributed by atoms with Crippen LogP contribution in [-0.4, -0.2) is 43.2 Å². The van der Waals surface area contributed by atoms with Crippen LogP contribution in [0.25, 0.3) is 0 Å². The van der Waals surface area contributed by atoms with Crippen molar-refractivity contribution in [1.29, 1.82) is 0 Å². The Hall–Kier alpha value is -1.55. The van der Waals surface area contributed by atoms with Crippen molar-refractivity contribution in [3.63, 3.8) is 0 Å². The fourth-order valence-corrected chi connectivity index (χ4v) is 3.57. The molecule has 4 nitrogen and oxygen atoms in total. The molecule has 2 unspecified atom stereocenters. The number of benzene rings is 1. The molecule has 2 bridgehead atoms. The van der Waals surface area contributed by atoms with E-state index in [1.165, 1.54) is 20.0 Å². The third kappa shape index (κ3) is 3.21. The van der Waals surface area contributed by atoms with Gasteiger partial charge in [-0.3, -0.25) is 4.79 Å². The van der Waals surface area contributed by atoms with Crippen LogP contribution < -0.4 is 4.74 Å². The van der Waals surface area contributed by atoms with Gasteiger partial charge in [0, 0.05) is 12.1 Å². The third-order valence-electron chi connectivity index (χ3n) is 4.86. The van der Waals surface area contributed by atoms with E-state index in [0.29, 0.717) is 24.6 Å². The lowest BCUT2D eigenvalue weighted by Gasteiger charge is -2.36. The molecule has 0 saturated carbocycles. The predicted molar refractivity (Wildman–Crippen MR) is 80.4 cm³/mol. The van der Waals surface area contributed by atoms with Crippen molar-refractivity contribution in [3.05, 3.63) is 29.8 Å².